The van der Waals surface area contributed by atoms with Gasteiger partial charge in [0.05, 0.1) is 13.1 Å². The third kappa shape index (κ3) is 10.5. The molecule has 0 saturated carbocycles. The van der Waals surface area contributed by atoms with Gasteiger partial charge in [-0.3, -0.25) is 9.59 Å². The second-order valence-electron chi connectivity index (χ2n) is 11.4. The molecule has 222 valence electrons. The topological polar surface area (TPSA) is 72.2 Å². The first-order valence-electron chi connectivity index (χ1n) is 15.4. The Morgan fingerprint density at radius 3 is 2.08 bits per heavy atom. The van der Waals surface area contributed by atoms with Crippen molar-refractivity contribution in [3.63, 3.8) is 0 Å². The van der Waals surface area contributed by atoms with Gasteiger partial charge >= 0.3 is 0 Å². The van der Waals surface area contributed by atoms with Crippen LogP contribution in [0.1, 0.15) is 115 Å². The summed E-state index contributed by atoms with van der Waals surface area (Å²) in [6.07, 6.45) is 14.2. The fourth-order valence-corrected chi connectivity index (χ4v) is 5.14. The molecule has 1 aromatic carbocycles. The van der Waals surface area contributed by atoms with E-state index < -0.39 is 0 Å². The summed E-state index contributed by atoms with van der Waals surface area (Å²) in [6.45, 7) is 9.07. The quantitative estimate of drug-likeness (QED) is 0.166. The number of furan rings is 1. The molecule has 0 saturated heterocycles. The molecule has 1 aliphatic heterocycles. The number of carbonyl (C=O) groups is 2. The number of nitrogens with zero attached hydrogens (tertiary/aromatic N) is 2. The van der Waals surface area contributed by atoms with Gasteiger partial charge in [-0.15, -0.1) is 0 Å². The number of unbranched alkanes of at least 4 members (excludes halogenated alkanes) is 10. The molecular weight excluding hydrogens is 504 g/mol. The van der Waals surface area contributed by atoms with Gasteiger partial charge in [0, 0.05) is 19.0 Å². The Balaban J connectivity index is 1.49. The Hall–Kier alpha value is -2.96. The third-order valence-corrected chi connectivity index (χ3v) is 7.55. The molecule has 0 unspecified atom stereocenters. The zero-order chi connectivity index (χ0) is 28.7. The van der Waals surface area contributed by atoms with E-state index in [1.807, 2.05) is 51.1 Å². The number of aryl methyl sites for hydroxylation is 1. The van der Waals surface area contributed by atoms with Crippen LogP contribution in [-0.4, -0.2) is 41.0 Å². The first-order chi connectivity index (χ1) is 19.4. The molecule has 0 bridgehead atoms. The zero-order valence-corrected chi connectivity index (χ0v) is 25.2. The van der Waals surface area contributed by atoms with E-state index in [4.69, 9.17) is 13.9 Å². The van der Waals surface area contributed by atoms with Crippen molar-refractivity contribution in [3.05, 3.63) is 47.4 Å². The lowest BCUT2D eigenvalue weighted by atomic mass is 10.0. The van der Waals surface area contributed by atoms with Crippen LogP contribution in [0.2, 0.25) is 0 Å². The van der Waals surface area contributed by atoms with Crippen molar-refractivity contribution in [3.8, 4) is 11.5 Å². The molecule has 2 heterocycles. The Morgan fingerprint density at radius 1 is 0.800 bits per heavy atom. The molecule has 3 rings (SSSR count). The molecule has 0 spiro atoms. The SMILES string of the molecule is CCCCCCCCCCCCCC(=O)N(CC(=O)N(Cc1ccc2c(c1)OCO2)Cc1ccc(C)o1)C(C)C. The average Bonchev–Trinajstić information content (AvgIpc) is 3.57. The molecule has 1 aromatic heterocycles. The number of fused-ring (bicyclic) bond motifs is 1. The van der Waals surface area contributed by atoms with Gasteiger partial charge < -0.3 is 23.7 Å². The van der Waals surface area contributed by atoms with E-state index >= 15 is 0 Å². The fraction of sp³-hybridized carbons (Fsp3) is 0.636. The maximum Gasteiger partial charge on any atom is 0.242 e. The van der Waals surface area contributed by atoms with Crippen molar-refractivity contribution in [1.82, 2.24) is 9.80 Å². The summed E-state index contributed by atoms with van der Waals surface area (Å²) in [7, 11) is 0. The minimum atomic E-state index is -0.104. The van der Waals surface area contributed by atoms with E-state index in [0.29, 0.717) is 31.0 Å². The summed E-state index contributed by atoms with van der Waals surface area (Å²) in [6, 6.07) is 9.47. The summed E-state index contributed by atoms with van der Waals surface area (Å²) in [5, 5.41) is 0. The fourth-order valence-electron chi connectivity index (χ4n) is 5.14. The third-order valence-electron chi connectivity index (χ3n) is 7.55. The lowest BCUT2D eigenvalue weighted by molar-refractivity contribution is -0.143. The summed E-state index contributed by atoms with van der Waals surface area (Å²) in [4.78, 5) is 30.2. The van der Waals surface area contributed by atoms with Crippen molar-refractivity contribution in [2.75, 3.05) is 13.3 Å². The number of carbonyl (C=O) groups excluding carboxylic acids is 2. The van der Waals surface area contributed by atoms with Gasteiger partial charge in [-0.25, -0.2) is 0 Å². The largest absolute Gasteiger partial charge is 0.464 e. The van der Waals surface area contributed by atoms with Gasteiger partial charge in [0.25, 0.3) is 0 Å². The molecule has 7 heteroatoms. The molecule has 0 N–H and O–H groups in total. The second kappa shape index (κ2) is 17.0. The molecular formula is C33H50N2O5. The van der Waals surface area contributed by atoms with E-state index in [0.717, 1.165) is 29.9 Å². The summed E-state index contributed by atoms with van der Waals surface area (Å²) in [5.74, 6) is 2.86. The van der Waals surface area contributed by atoms with Crippen LogP contribution >= 0.6 is 0 Å². The minimum Gasteiger partial charge on any atom is -0.464 e. The zero-order valence-electron chi connectivity index (χ0n) is 25.2. The van der Waals surface area contributed by atoms with Crippen LogP contribution in [0.25, 0.3) is 0 Å². The highest BCUT2D eigenvalue weighted by molar-refractivity contribution is 5.85. The molecule has 2 aromatic rings. The molecule has 0 radical (unpaired) electrons. The highest BCUT2D eigenvalue weighted by atomic mass is 16.7. The molecule has 0 atom stereocenters. The molecule has 7 nitrogen and oxygen atoms in total. The van der Waals surface area contributed by atoms with Crippen LogP contribution in [0.3, 0.4) is 0 Å². The van der Waals surface area contributed by atoms with Crippen LogP contribution < -0.4 is 9.47 Å². The van der Waals surface area contributed by atoms with E-state index in [2.05, 4.69) is 6.92 Å². The summed E-state index contributed by atoms with van der Waals surface area (Å²) < 4.78 is 16.7. The number of hydrogen-bond donors (Lipinski definition) is 0. The summed E-state index contributed by atoms with van der Waals surface area (Å²) >= 11 is 0. The molecule has 40 heavy (non-hydrogen) atoms. The van der Waals surface area contributed by atoms with E-state index in [1.165, 1.54) is 57.8 Å². The van der Waals surface area contributed by atoms with Gasteiger partial charge in [0.2, 0.25) is 18.6 Å². The van der Waals surface area contributed by atoms with Crippen molar-refractivity contribution in [1.29, 1.82) is 0 Å². The number of ether oxygens (including phenoxy) is 2. The van der Waals surface area contributed by atoms with Gasteiger partial charge in [-0.1, -0.05) is 77.2 Å². The maximum absolute atomic E-state index is 13.6. The normalized spacial score (nSPS) is 12.2. The molecule has 0 fully saturated rings. The van der Waals surface area contributed by atoms with Crippen molar-refractivity contribution < 1.29 is 23.5 Å². The van der Waals surface area contributed by atoms with Crippen LogP contribution in [0.4, 0.5) is 0 Å². The van der Waals surface area contributed by atoms with Crippen LogP contribution in [0.5, 0.6) is 11.5 Å². The smallest absolute Gasteiger partial charge is 0.242 e. The predicted octanol–water partition coefficient (Wildman–Crippen LogP) is 7.78. The van der Waals surface area contributed by atoms with Gasteiger partial charge in [-0.2, -0.15) is 0 Å². The Morgan fingerprint density at radius 2 is 1.45 bits per heavy atom. The maximum atomic E-state index is 13.6. The van der Waals surface area contributed by atoms with E-state index in [9.17, 15) is 9.59 Å². The van der Waals surface area contributed by atoms with Crippen molar-refractivity contribution in [2.24, 2.45) is 0 Å². The van der Waals surface area contributed by atoms with Gasteiger partial charge in [0.15, 0.2) is 11.5 Å². The Kier molecular flexibility index (Phi) is 13.4. The van der Waals surface area contributed by atoms with Crippen LogP contribution in [-0.2, 0) is 22.7 Å². The Labute approximate surface area is 241 Å². The lowest BCUT2D eigenvalue weighted by Gasteiger charge is -2.30. The standard InChI is InChI=1S/C33H50N2O5/c1-5-6-7-8-9-10-11-12-13-14-15-16-32(36)35(26(2)3)24-33(37)34(23-29-19-17-27(4)40-29)22-28-18-20-30-31(21-28)39-25-38-30/h17-21,26H,5-16,22-25H2,1-4H3. The monoisotopic (exact) mass is 554 g/mol. The van der Waals surface area contributed by atoms with E-state index in [-0.39, 0.29) is 31.2 Å². The minimum absolute atomic E-state index is 0.0520. The number of benzene rings is 1. The highest BCUT2D eigenvalue weighted by Gasteiger charge is 2.25. The molecule has 1 aliphatic rings. The molecule has 0 aliphatic carbocycles. The summed E-state index contributed by atoms with van der Waals surface area (Å²) in [5.41, 5.74) is 0.935. The van der Waals surface area contributed by atoms with E-state index in [1.54, 1.807) is 9.80 Å². The highest BCUT2D eigenvalue weighted by Crippen LogP contribution is 2.33. The lowest BCUT2D eigenvalue weighted by Crippen LogP contribution is -2.45. The first kappa shape index (κ1) is 31.6. The Bertz CT molecular complexity index is 1050. The molecule has 2 amide bonds. The van der Waals surface area contributed by atoms with Crippen LogP contribution in [0.15, 0.2) is 34.7 Å². The first-order valence-corrected chi connectivity index (χ1v) is 15.4. The van der Waals surface area contributed by atoms with Gasteiger partial charge in [0.1, 0.15) is 11.5 Å². The van der Waals surface area contributed by atoms with Crippen LogP contribution in [0, 0.1) is 6.92 Å². The average molecular weight is 555 g/mol. The second-order valence-corrected chi connectivity index (χ2v) is 11.4. The number of hydrogen-bond acceptors (Lipinski definition) is 5. The van der Waals surface area contributed by atoms with Gasteiger partial charge in [-0.05, 0) is 57.0 Å². The number of rotatable bonds is 19. The van der Waals surface area contributed by atoms with Crippen molar-refractivity contribution >= 4 is 11.8 Å². The van der Waals surface area contributed by atoms with Crippen molar-refractivity contribution in [2.45, 2.75) is 124 Å². The predicted molar refractivity (Wildman–Crippen MR) is 158 cm³/mol. The number of amides is 2.